The van der Waals surface area contributed by atoms with Crippen LogP contribution in [0, 0.1) is 0 Å². The van der Waals surface area contributed by atoms with Gasteiger partial charge in [-0.1, -0.05) is 42.5 Å². The molecule has 0 N–H and O–H groups in total. The minimum Gasteiger partial charge on any atom is -0.744 e. The first-order chi connectivity index (χ1) is 9.55. The van der Waals surface area contributed by atoms with Gasteiger partial charge in [-0.25, -0.2) is 8.42 Å². The Labute approximate surface area is 120 Å². The monoisotopic (exact) mass is 289 g/mol. The van der Waals surface area contributed by atoms with Crippen molar-refractivity contribution in [2.75, 3.05) is 0 Å². The molecular formula is C16H17O3S-. The molecule has 0 bridgehead atoms. The van der Waals surface area contributed by atoms with Crippen molar-refractivity contribution in [2.45, 2.75) is 30.6 Å². The van der Waals surface area contributed by atoms with Crippen molar-refractivity contribution >= 4 is 10.1 Å². The molecule has 2 aromatic carbocycles. The smallest absolute Gasteiger partial charge is 0.124 e. The Bertz CT molecular complexity index is 631. The van der Waals surface area contributed by atoms with Crippen LogP contribution in [-0.4, -0.2) is 13.0 Å². The van der Waals surface area contributed by atoms with Gasteiger partial charge in [0.1, 0.15) is 10.1 Å². The van der Waals surface area contributed by atoms with Crippen molar-refractivity contribution in [2.24, 2.45) is 0 Å². The van der Waals surface area contributed by atoms with Crippen molar-refractivity contribution in [1.29, 1.82) is 0 Å². The van der Waals surface area contributed by atoms with Crippen molar-refractivity contribution in [1.82, 2.24) is 0 Å². The molecule has 0 amide bonds. The Kier molecular flexibility index (Phi) is 4.93. The third-order valence-electron chi connectivity index (χ3n) is 3.24. The van der Waals surface area contributed by atoms with Gasteiger partial charge in [-0.2, -0.15) is 0 Å². The van der Waals surface area contributed by atoms with Crippen LogP contribution in [0.5, 0.6) is 0 Å². The SMILES string of the molecule is O=S(=O)([O-])c1ccc(CCCCc2ccccc2)cc1. The molecule has 0 aliphatic heterocycles. The highest BCUT2D eigenvalue weighted by Gasteiger charge is 2.01. The Morgan fingerprint density at radius 3 is 1.75 bits per heavy atom. The molecule has 0 aliphatic carbocycles. The topological polar surface area (TPSA) is 57.2 Å². The highest BCUT2D eigenvalue weighted by molar-refractivity contribution is 7.85. The molecule has 0 radical (unpaired) electrons. The standard InChI is InChI=1S/C16H18O3S/c17-20(18,19)16-12-10-15(11-13-16)9-5-4-8-14-6-2-1-3-7-14/h1-3,6-7,10-13H,4-5,8-9H2,(H,17,18,19)/p-1. The second-order valence-corrected chi connectivity index (χ2v) is 6.17. The number of rotatable bonds is 6. The van der Waals surface area contributed by atoms with E-state index in [0.29, 0.717) is 0 Å². The molecule has 106 valence electrons. The second-order valence-electron chi connectivity index (χ2n) is 4.79. The number of hydrogen-bond donors (Lipinski definition) is 0. The van der Waals surface area contributed by atoms with Crippen molar-refractivity contribution < 1.29 is 13.0 Å². The zero-order valence-corrected chi connectivity index (χ0v) is 12.0. The summed E-state index contributed by atoms with van der Waals surface area (Å²) in [4.78, 5) is -0.162. The highest BCUT2D eigenvalue weighted by atomic mass is 32.2. The van der Waals surface area contributed by atoms with Gasteiger partial charge in [0.15, 0.2) is 0 Å². The van der Waals surface area contributed by atoms with Crippen LogP contribution in [0.15, 0.2) is 59.5 Å². The summed E-state index contributed by atoms with van der Waals surface area (Å²) in [7, 11) is -4.33. The summed E-state index contributed by atoms with van der Waals surface area (Å²) in [5.74, 6) is 0. The number of hydrogen-bond acceptors (Lipinski definition) is 3. The summed E-state index contributed by atoms with van der Waals surface area (Å²) >= 11 is 0. The third-order valence-corrected chi connectivity index (χ3v) is 4.09. The Morgan fingerprint density at radius 1 is 0.750 bits per heavy atom. The van der Waals surface area contributed by atoms with Crippen LogP contribution in [0.25, 0.3) is 0 Å². The van der Waals surface area contributed by atoms with Gasteiger partial charge in [0.05, 0.1) is 4.90 Å². The van der Waals surface area contributed by atoms with Gasteiger partial charge in [-0.15, -0.1) is 0 Å². The first kappa shape index (κ1) is 14.8. The molecule has 0 atom stereocenters. The predicted octanol–water partition coefficient (Wildman–Crippen LogP) is 3.16. The summed E-state index contributed by atoms with van der Waals surface area (Å²) in [5, 5.41) is 0. The molecule has 0 unspecified atom stereocenters. The van der Waals surface area contributed by atoms with E-state index in [1.54, 1.807) is 12.1 Å². The number of unbranched alkanes of at least 4 members (excludes halogenated alkanes) is 1. The van der Waals surface area contributed by atoms with E-state index in [2.05, 4.69) is 12.1 Å². The fourth-order valence-corrected chi connectivity index (χ4v) is 2.60. The van der Waals surface area contributed by atoms with Gasteiger partial charge >= 0.3 is 0 Å². The van der Waals surface area contributed by atoms with Gasteiger partial charge in [0.25, 0.3) is 0 Å². The molecule has 0 aliphatic rings. The van der Waals surface area contributed by atoms with Crippen LogP contribution in [0.3, 0.4) is 0 Å². The lowest BCUT2D eigenvalue weighted by atomic mass is 10.0. The van der Waals surface area contributed by atoms with Crippen LogP contribution in [0.4, 0.5) is 0 Å². The largest absolute Gasteiger partial charge is 0.744 e. The van der Waals surface area contributed by atoms with E-state index in [-0.39, 0.29) is 4.90 Å². The van der Waals surface area contributed by atoms with Gasteiger partial charge in [0.2, 0.25) is 0 Å². The van der Waals surface area contributed by atoms with Crippen LogP contribution >= 0.6 is 0 Å². The van der Waals surface area contributed by atoms with E-state index in [9.17, 15) is 13.0 Å². The summed E-state index contributed by atoms with van der Waals surface area (Å²) < 4.78 is 32.4. The van der Waals surface area contributed by atoms with Crippen LogP contribution in [-0.2, 0) is 23.0 Å². The van der Waals surface area contributed by atoms with Gasteiger partial charge in [0, 0.05) is 0 Å². The summed E-state index contributed by atoms with van der Waals surface area (Å²) in [6, 6.07) is 16.5. The lowest BCUT2D eigenvalue weighted by molar-refractivity contribution is 0.463. The molecule has 4 heteroatoms. The Hall–Kier alpha value is -1.65. The number of benzene rings is 2. The fraction of sp³-hybridized carbons (Fsp3) is 0.250. The normalized spacial score (nSPS) is 11.4. The average molecular weight is 289 g/mol. The minimum absolute atomic E-state index is 0.162. The summed E-state index contributed by atoms with van der Waals surface area (Å²) in [6.45, 7) is 0. The zero-order chi connectivity index (χ0) is 14.4. The maximum Gasteiger partial charge on any atom is 0.124 e. The molecule has 2 rings (SSSR count). The van der Waals surface area contributed by atoms with Gasteiger partial charge in [-0.3, -0.25) is 0 Å². The lowest BCUT2D eigenvalue weighted by Crippen LogP contribution is -1.98. The zero-order valence-electron chi connectivity index (χ0n) is 11.2. The highest BCUT2D eigenvalue weighted by Crippen LogP contribution is 2.13. The first-order valence-corrected chi connectivity index (χ1v) is 8.05. The maximum absolute atomic E-state index is 10.8. The average Bonchev–Trinajstić information content (AvgIpc) is 2.44. The van der Waals surface area contributed by atoms with E-state index in [1.165, 1.54) is 17.7 Å². The quantitative estimate of drug-likeness (QED) is 0.606. The van der Waals surface area contributed by atoms with Gasteiger partial charge < -0.3 is 4.55 Å². The number of aryl methyl sites for hydroxylation is 2. The molecule has 0 saturated heterocycles. The maximum atomic E-state index is 10.8. The molecule has 0 spiro atoms. The fourth-order valence-electron chi connectivity index (χ4n) is 2.13. The van der Waals surface area contributed by atoms with E-state index >= 15 is 0 Å². The van der Waals surface area contributed by atoms with Crippen LogP contribution < -0.4 is 0 Å². The van der Waals surface area contributed by atoms with E-state index in [0.717, 1.165) is 31.2 Å². The molecular weight excluding hydrogens is 272 g/mol. The summed E-state index contributed by atoms with van der Waals surface area (Å²) in [5.41, 5.74) is 2.39. The summed E-state index contributed by atoms with van der Waals surface area (Å²) in [6.07, 6.45) is 4.07. The molecule has 3 nitrogen and oxygen atoms in total. The van der Waals surface area contributed by atoms with Crippen molar-refractivity contribution in [3.05, 3.63) is 65.7 Å². The third kappa shape index (κ3) is 4.47. The Balaban J connectivity index is 1.80. The van der Waals surface area contributed by atoms with Crippen molar-refractivity contribution in [3.63, 3.8) is 0 Å². The molecule has 2 aromatic rings. The Morgan fingerprint density at radius 2 is 1.25 bits per heavy atom. The van der Waals surface area contributed by atoms with E-state index in [1.807, 2.05) is 18.2 Å². The molecule has 20 heavy (non-hydrogen) atoms. The molecule has 0 aromatic heterocycles. The van der Waals surface area contributed by atoms with Gasteiger partial charge in [-0.05, 0) is 48.9 Å². The lowest BCUT2D eigenvalue weighted by Gasteiger charge is -2.08. The predicted molar refractivity (Wildman–Crippen MR) is 77.5 cm³/mol. The molecule has 0 fully saturated rings. The second kappa shape index (κ2) is 6.68. The van der Waals surface area contributed by atoms with E-state index < -0.39 is 10.1 Å². The first-order valence-electron chi connectivity index (χ1n) is 6.64. The van der Waals surface area contributed by atoms with Crippen molar-refractivity contribution in [3.8, 4) is 0 Å². The van der Waals surface area contributed by atoms with Crippen LogP contribution in [0.2, 0.25) is 0 Å². The van der Waals surface area contributed by atoms with E-state index in [4.69, 9.17) is 0 Å². The minimum atomic E-state index is -4.33. The molecule has 0 saturated carbocycles. The molecule has 0 heterocycles. The van der Waals surface area contributed by atoms with Crippen LogP contribution in [0.1, 0.15) is 24.0 Å².